The van der Waals surface area contributed by atoms with Crippen LogP contribution < -0.4 is 0 Å². The first-order valence-electron chi connectivity index (χ1n) is 10.5. The van der Waals surface area contributed by atoms with Crippen LogP contribution in [0, 0.1) is 6.42 Å². The molecule has 2 aliphatic carbocycles. The minimum absolute atomic E-state index is 0.556. The fourth-order valence-electron chi connectivity index (χ4n) is 5.01. The molecule has 31 heavy (non-hydrogen) atoms. The predicted molar refractivity (Wildman–Crippen MR) is 128 cm³/mol. The second-order valence-corrected chi connectivity index (χ2v) is 10.5. The van der Waals surface area contributed by atoms with Gasteiger partial charge in [0.05, 0.1) is 0 Å². The Morgan fingerprint density at radius 3 is 1.81 bits per heavy atom. The molecule has 0 radical (unpaired) electrons. The van der Waals surface area contributed by atoms with Crippen LogP contribution in [0.3, 0.4) is 0 Å². The van der Waals surface area contributed by atoms with Crippen molar-refractivity contribution in [2.24, 2.45) is 0 Å². The van der Waals surface area contributed by atoms with Gasteiger partial charge in [-0.25, -0.2) is 0 Å². The van der Waals surface area contributed by atoms with Gasteiger partial charge in [-0.2, -0.15) is 18.1 Å². The molecule has 152 valence electrons. The minimum atomic E-state index is -0.556. The van der Waals surface area contributed by atoms with Crippen LogP contribution in [0.1, 0.15) is 33.4 Å². The van der Waals surface area contributed by atoms with Crippen molar-refractivity contribution in [3.8, 4) is 22.3 Å². The van der Waals surface area contributed by atoms with Crippen molar-refractivity contribution in [2.75, 3.05) is 0 Å². The van der Waals surface area contributed by atoms with Crippen molar-refractivity contribution in [1.29, 1.82) is 0 Å². The van der Waals surface area contributed by atoms with E-state index < -0.39 is 17.0 Å². The third-order valence-corrected chi connectivity index (χ3v) is 6.38. The Morgan fingerprint density at radius 2 is 1.13 bits per heavy atom. The van der Waals surface area contributed by atoms with Gasteiger partial charge in [-0.05, 0) is 46.2 Å². The van der Waals surface area contributed by atoms with Gasteiger partial charge in [0, 0.05) is 0 Å². The Morgan fingerprint density at radius 1 is 0.613 bits per heavy atom. The Labute approximate surface area is 200 Å². The van der Waals surface area contributed by atoms with Crippen molar-refractivity contribution in [2.45, 2.75) is 19.3 Å². The van der Waals surface area contributed by atoms with Gasteiger partial charge < -0.3 is 0 Å². The van der Waals surface area contributed by atoms with Crippen LogP contribution in [0.4, 0.5) is 0 Å². The molecule has 0 N–H and O–H groups in total. The molecular weight excluding hydrogens is 455 g/mol. The smallest absolute Gasteiger partial charge is 0.00110 e. The summed E-state index contributed by atoms with van der Waals surface area (Å²) in [5.74, 6) is 0. The molecule has 0 aromatic heterocycles. The molecular formula is C28H21Cl2Ti-. The molecule has 4 aromatic carbocycles. The molecule has 0 fully saturated rings. The average Bonchev–Trinajstić information content (AvgIpc) is 3.37. The quantitative estimate of drug-likeness (QED) is 0.179. The Kier molecular flexibility index (Phi) is 6.25. The van der Waals surface area contributed by atoms with Gasteiger partial charge in [0.1, 0.15) is 0 Å². The standard InChI is InChI=1S/C28H21.2ClH.Ti/c1-3-11-23-21(7-1)17-27-19(9-5-13-25(23)27)15-16-20-10-6-14-26-24-12-4-2-8-22(24)18-28(20)26;;;/h1-15H,16-18H2;2*1H;/q-1;;;+2/p-2. The van der Waals surface area contributed by atoms with E-state index in [0.717, 1.165) is 19.3 Å². The van der Waals surface area contributed by atoms with Crippen molar-refractivity contribution < 1.29 is 17.0 Å². The van der Waals surface area contributed by atoms with Gasteiger partial charge in [0.15, 0.2) is 0 Å². The number of fused-ring (bicyclic) bond motifs is 6. The van der Waals surface area contributed by atoms with Crippen LogP contribution >= 0.6 is 18.6 Å². The normalized spacial score (nSPS) is 12.1. The molecule has 0 aliphatic heterocycles. The fraction of sp³-hybridized carbons (Fsp3) is 0.107. The summed E-state index contributed by atoms with van der Waals surface area (Å²) in [4.78, 5) is 0. The molecule has 0 atom stereocenters. The minimum Gasteiger partial charge on any atom is -0.188 e. The predicted octanol–water partition coefficient (Wildman–Crippen LogP) is 8.00. The fourth-order valence-corrected chi connectivity index (χ4v) is 5.01. The zero-order valence-corrected chi connectivity index (χ0v) is 20.1. The van der Waals surface area contributed by atoms with Crippen LogP contribution in [0.2, 0.25) is 0 Å². The Balaban J connectivity index is 0.000000646. The molecule has 0 saturated heterocycles. The Bertz CT molecular complexity index is 1150. The molecule has 0 heterocycles. The first-order chi connectivity index (χ1) is 15.3. The summed E-state index contributed by atoms with van der Waals surface area (Å²) in [7, 11) is 9.78. The number of hydrogen-bond acceptors (Lipinski definition) is 0. The van der Waals surface area contributed by atoms with E-state index in [0.29, 0.717) is 0 Å². The van der Waals surface area contributed by atoms with Crippen molar-refractivity contribution in [3.63, 3.8) is 0 Å². The third-order valence-electron chi connectivity index (χ3n) is 6.38. The number of benzene rings is 4. The van der Waals surface area contributed by atoms with E-state index in [1.165, 1.54) is 55.6 Å². The summed E-state index contributed by atoms with van der Waals surface area (Å²) in [6.07, 6.45) is 5.54. The monoisotopic (exact) mass is 475 g/mol. The summed E-state index contributed by atoms with van der Waals surface area (Å²) < 4.78 is 0. The molecule has 0 bridgehead atoms. The molecule has 0 nitrogen and oxygen atoms in total. The van der Waals surface area contributed by atoms with E-state index in [4.69, 9.17) is 18.6 Å². The molecule has 2 aliphatic rings. The van der Waals surface area contributed by atoms with E-state index >= 15 is 0 Å². The van der Waals surface area contributed by atoms with Gasteiger partial charge >= 0.3 is 35.6 Å². The zero-order valence-electron chi connectivity index (χ0n) is 17.0. The SMILES string of the molecule is [Cl][Ti][Cl].c1ccc2c(c1)Cc1c([CH-]Cc3cccc4c3Cc3ccccc3-4)cccc1-2. The topological polar surface area (TPSA) is 0 Å². The third kappa shape index (κ3) is 3.99. The molecule has 0 amide bonds. The first-order valence-corrected chi connectivity index (χ1v) is 14.8. The van der Waals surface area contributed by atoms with E-state index in [-0.39, 0.29) is 0 Å². The van der Waals surface area contributed by atoms with Gasteiger partial charge in [0.25, 0.3) is 0 Å². The van der Waals surface area contributed by atoms with Crippen LogP contribution in [0.15, 0.2) is 84.9 Å². The van der Waals surface area contributed by atoms with Crippen LogP contribution in [0.5, 0.6) is 0 Å². The summed E-state index contributed by atoms with van der Waals surface area (Å²) in [5.41, 5.74) is 14.4. The number of rotatable bonds is 3. The van der Waals surface area contributed by atoms with Crippen LogP contribution in [-0.4, -0.2) is 0 Å². The van der Waals surface area contributed by atoms with Crippen molar-refractivity contribution in [3.05, 3.63) is 125 Å². The summed E-state index contributed by atoms with van der Waals surface area (Å²) in [5, 5.41) is 0. The number of hydrogen-bond donors (Lipinski definition) is 0. The largest absolute Gasteiger partial charge is 0.188 e. The van der Waals surface area contributed by atoms with E-state index in [2.05, 4.69) is 91.3 Å². The maximum atomic E-state index is 4.89. The van der Waals surface area contributed by atoms with E-state index in [1.54, 1.807) is 0 Å². The molecule has 4 aromatic rings. The molecule has 6 rings (SSSR count). The summed E-state index contributed by atoms with van der Waals surface area (Å²) in [6, 6.07) is 31.2. The molecule has 0 spiro atoms. The van der Waals surface area contributed by atoms with Crippen LogP contribution in [0.25, 0.3) is 22.3 Å². The Hall–Kier alpha value is -1.96. The van der Waals surface area contributed by atoms with Gasteiger partial charge in [-0.3, -0.25) is 0 Å². The van der Waals surface area contributed by atoms with Crippen molar-refractivity contribution >= 4 is 18.6 Å². The molecule has 0 unspecified atom stereocenters. The molecule has 0 saturated carbocycles. The van der Waals surface area contributed by atoms with Crippen molar-refractivity contribution in [1.82, 2.24) is 0 Å². The summed E-state index contributed by atoms with van der Waals surface area (Å²) >= 11 is -0.556. The van der Waals surface area contributed by atoms with Crippen LogP contribution in [-0.2, 0) is 36.3 Å². The second-order valence-electron chi connectivity index (χ2n) is 7.96. The average molecular weight is 476 g/mol. The van der Waals surface area contributed by atoms with Gasteiger partial charge in [0.2, 0.25) is 0 Å². The van der Waals surface area contributed by atoms with E-state index in [1.807, 2.05) is 0 Å². The van der Waals surface area contributed by atoms with E-state index in [9.17, 15) is 0 Å². The molecule has 3 heteroatoms. The maximum Gasteiger partial charge on any atom is -0.00110 e. The first kappa shape index (κ1) is 20.9. The number of halogens is 2. The second kappa shape index (κ2) is 9.27. The van der Waals surface area contributed by atoms with Gasteiger partial charge in [-0.1, -0.05) is 90.3 Å². The summed E-state index contributed by atoms with van der Waals surface area (Å²) in [6.45, 7) is 0. The van der Waals surface area contributed by atoms with Gasteiger partial charge in [-0.15, -0.1) is 11.6 Å². The zero-order chi connectivity index (χ0) is 21.2. The maximum absolute atomic E-state index is 4.89.